The van der Waals surface area contributed by atoms with Crippen molar-refractivity contribution in [1.82, 2.24) is 9.97 Å². The molecule has 3 aliphatic carbocycles. The summed E-state index contributed by atoms with van der Waals surface area (Å²) in [4.78, 5) is 46.5. The van der Waals surface area contributed by atoms with E-state index >= 15 is 0 Å². The number of halogens is 4. The number of amides is 2. The summed E-state index contributed by atoms with van der Waals surface area (Å²) in [5.41, 5.74) is 4.79. The molecular weight excluding hydrogens is 1050 g/mol. The Hall–Kier alpha value is -5.74. The number of benzene rings is 2. The number of hydrogen-bond donors (Lipinski definition) is 3. The van der Waals surface area contributed by atoms with Crippen LogP contribution in [0.2, 0.25) is 0 Å². The minimum absolute atomic E-state index is 0.137. The smallest absolute Gasteiger partial charge is 0.259 e. The molecule has 22 heteroatoms. The molecule has 0 bridgehead atoms. The maximum absolute atomic E-state index is 14.6. The van der Waals surface area contributed by atoms with E-state index < -0.39 is 67.3 Å². The fourth-order valence-corrected chi connectivity index (χ4v) is 14.5. The van der Waals surface area contributed by atoms with Crippen molar-refractivity contribution in [2.24, 2.45) is 10.8 Å². The summed E-state index contributed by atoms with van der Waals surface area (Å²) in [6.07, 6.45) is 7.59. The average Bonchev–Trinajstić information content (AvgIpc) is 4.50. The van der Waals surface area contributed by atoms with Crippen LogP contribution in [0.15, 0.2) is 60.7 Å². The number of carbonyl (C=O) groups is 2. The standard InChI is InChI=1S/C56H69F4N9O7S2/c1-37-29-41(33-43(30-37)65-23-15-55(57,58)16-24-65)62-51(71)45-6-5-40(36-77(2,73)74)61-49(45)68-21-13-54(14-22-68)35-47(54)69(78(75,76)28-27-70)48-8-7-46(50(64-48)67-19-11-53(9-10-53)12-20-67)52(72)63-42-31-39(38-3-4-38)32-44(34-42)66-25-17-56(59,60)18-26-66/h5-8,29-34,38,47,70H,3-4,9-28,35-36H2,1-2H3,(H,62,71)(H,63,72). The van der Waals surface area contributed by atoms with Gasteiger partial charge in [0.05, 0.1) is 41.0 Å². The Morgan fingerprint density at radius 1 is 0.654 bits per heavy atom. The highest BCUT2D eigenvalue weighted by atomic mass is 32.2. The second-order valence-electron chi connectivity index (χ2n) is 23.4. The van der Waals surface area contributed by atoms with Crippen molar-refractivity contribution in [2.75, 3.05) is 106 Å². The molecule has 4 saturated heterocycles. The van der Waals surface area contributed by atoms with E-state index in [1.54, 1.807) is 30.3 Å². The molecule has 2 amide bonds. The summed E-state index contributed by atoms with van der Waals surface area (Å²) < 4.78 is 112. The first-order valence-electron chi connectivity index (χ1n) is 27.4. The normalized spacial score (nSPS) is 22.3. The van der Waals surface area contributed by atoms with Crippen molar-refractivity contribution in [3.05, 3.63) is 88.6 Å². The molecule has 3 N–H and O–H groups in total. The molecule has 78 heavy (non-hydrogen) atoms. The summed E-state index contributed by atoms with van der Waals surface area (Å²) in [7, 11) is -7.70. The van der Waals surface area contributed by atoms with Gasteiger partial charge in [-0.2, -0.15) is 0 Å². The zero-order valence-electron chi connectivity index (χ0n) is 44.3. The Labute approximate surface area is 453 Å². The van der Waals surface area contributed by atoms with Crippen LogP contribution in [0.4, 0.5) is 57.8 Å². The first-order chi connectivity index (χ1) is 37.0. The van der Waals surface area contributed by atoms with E-state index in [0.29, 0.717) is 74.2 Å². The van der Waals surface area contributed by atoms with Crippen LogP contribution in [-0.2, 0) is 25.6 Å². The van der Waals surface area contributed by atoms with Crippen molar-refractivity contribution in [2.45, 2.75) is 120 Å². The zero-order chi connectivity index (χ0) is 55.0. The number of aryl methyl sites for hydroxylation is 1. The molecular formula is C56H69F4N9O7S2. The lowest BCUT2D eigenvalue weighted by molar-refractivity contribution is -0.0226. The number of hydrogen-bond acceptors (Lipinski definition) is 13. The number of aromatic nitrogens is 2. The van der Waals surface area contributed by atoms with Gasteiger partial charge in [0.1, 0.15) is 17.5 Å². The predicted octanol–water partition coefficient (Wildman–Crippen LogP) is 8.75. The second kappa shape index (κ2) is 20.4. The molecule has 16 nitrogen and oxygen atoms in total. The number of nitrogens with one attached hydrogen (secondary N) is 2. The summed E-state index contributed by atoms with van der Waals surface area (Å²) >= 11 is 0. The lowest BCUT2D eigenvalue weighted by Gasteiger charge is -2.37. The van der Waals surface area contributed by atoms with Crippen LogP contribution in [0.25, 0.3) is 0 Å². The van der Waals surface area contributed by atoms with Gasteiger partial charge in [-0.3, -0.25) is 9.59 Å². The number of aliphatic hydroxyl groups excluding tert-OH is 1. The molecule has 2 aromatic carbocycles. The Kier molecular flexibility index (Phi) is 14.2. The Balaban J connectivity index is 0.853. The Bertz CT molecular complexity index is 3190. The molecule has 7 fully saturated rings. The topological polar surface area (TPSA) is 189 Å². The number of sulfonamides is 1. The third kappa shape index (κ3) is 11.9. The van der Waals surface area contributed by atoms with E-state index in [-0.39, 0.29) is 91.5 Å². The van der Waals surface area contributed by atoms with Crippen LogP contribution in [0.5, 0.6) is 0 Å². The zero-order valence-corrected chi connectivity index (χ0v) is 45.9. The number of carbonyl (C=O) groups excluding carboxylic acids is 2. The van der Waals surface area contributed by atoms with Gasteiger partial charge in [0.2, 0.25) is 10.0 Å². The molecule has 1 unspecified atom stereocenters. The lowest BCUT2D eigenvalue weighted by Crippen LogP contribution is -2.43. The maximum Gasteiger partial charge on any atom is 0.259 e. The largest absolute Gasteiger partial charge is 0.395 e. The number of alkyl halides is 4. The van der Waals surface area contributed by atoms with Gasteiger partial charge in [-0.1, -0.05) is 0 Å². The number of rotatable bonds is 16. The Morgan fingerprint density at radius 2 is 1.17 bits per heavy atom. The van der Waals surface area contributed by atoms with Crippen LogP contribution < -0.4 is 34.5 Å². The maximum atomic E-state index is 14.6. The molecule has 420 valence electrons. The third-order valence-electron chi connectivity index (χ3n) is 17.4. The fourth-order valence-electron chi connectivity index (χ4n) is 12.3. The van der Waals surface area contributed by atoms with Crippen molar-refractivity contribution < 1.29 is 49.1 Å². The van der Waals surface area contributed by atoms with Crippen molar-refractivity contribution in [3.63, 3.8) is 0 Å². The average molecular weight is 1120 g/mol. The predicted molar refractivity (Wildman–Crippen MR) is 294 cm³/mol. The van der Waals surface area contributed by atoms with E-state index in [1.807, 2.05) is 45.9 Å². The molecule has 6 heterocycles. The van der Waals surface area contributed by atoms with Gasteiger partial charge in [0, 0.05) is 107 Å². The summed E-state index contributed by atoms with van der Waals surface area (Å²) in [5.74, 6) is -6.19. The quantitative estimate of drug-likeness (QED) is 0.0905. The minimum Gasteiger partial charge on any atom is -0.395 e. The van der Waals surface area contributed by atoms with Crippen molar-refractivity contribution in [1.29, 1.82) is 0 Å². The number of piperidine rings is 4. The SMILES string of the molecule is Cc1cc(NC(=O)c2ccc(CS(C)(=O)=O)nc2N2CCC3(CC2)CC3N(c2ccc(C(=O)Nc3cc(C4CC4)cc(N4CCC(F)(F)CC4)c3)c(N3CCC4(CC3)CC4)n2)S(=O)(=O)CCO)cc(N2CCC(F)(F)CC2)c1. The molecule has 3 saturated carbocycles. The first kappa shape index (κ1) is 54.2. The van der Waals surface area contributed by atoms with E-state index in [4.69, 9.17) is 9.97 Å². The highest BCUT2D eigenvalue weighted by Gasteiger charge is 2.61. The van der Waals surface area contributed by atoms with Gasteiger partial charge in [0.25, 0.3) is 23.7 Å². The van der Waals surface area contributed by atoms with Gasteiger partial charge < -0.3 is 35.3 Å². The monoisotopic (exact) mass is 1120 g/mol. The summed E-state index contributed by atoms with van der Waals surface area (Å²) in [6.45, 7) is 3.88. The number of pyridine rings is 2. The molecule has 11 rings (SSSR count). The van der Waals surface area contributed by atoms with Gasteiger partial charge in [-0.05, 0) is 153 Å². The molecule has 1 atom stereocenters. The number of nitrogens with zero attached hydrogens (tertiary/aromatic N) is 7. The van der Waals surface area contributed by atoms with Crippen molar-refractivity contribution in [3.8, 4) is 0 Å². The van der Waals surface area contributed by atoms with E-state index in [9.17, 15) is 49.1 Å². The highest BCUT2D eigenvalue weighted by Crippen LogP contribution is 2.59. The lowest BCUT2D eigenvalue weighted by atomic mass is 9.92. The van der Waals surface area contributed by atoms with Crippen LogP contribution in [0, 0.1) is 17.8 Å². The number of anilines is 7. The second-order valence-corrected chi connectivity index (χ2v) is 27.5. The van der Waals surface area contributed by atoms with E-state index in [1.165, 1.54) is 10.4 Å². The number of aliphatic hydroxyl groups is 1. The summed E-state index contributed by atoms with van der Waals surface area (Å²) in [5, 5.41) is 16.2. The van der Waals surface area contributed by atoms with Gasteiger partial charge in [-0.15, -0.1) is 0 Å². The van der Waals surface area contributed by atoms with Gasteiger partial charge in [0.15, 0.2) is 9.84 Å². The van der Waals surface area contributed by atoms with Crippen molar-refractivity contribution >= 4 is 71.9 Å². The third-order valence-corrected chi connectivity index (χ3v) is 20.0. The Morgan fingerprint density at radius 3 is 1.71 bits per heavy atom. The fraction of sp³-hybridized carbons (Fsp3) is 0.571. The van der Waals surface area contributed by atoms with Gasteiger partial charge >= 0.3 is 0 Å². The van der Waals surface area contributed by atoms with E-state index in [0.717, 1.165) is 61.6 Å². The molecule has 0 radical (unpaired) electrons. The van der Waals surface area contributed by atoms with Gasteiger partial charge in [-0.25, -0.2) is 48.7 Å². The molecule has 4 aromatic rings. The minimum atomic E-state index is -4.18. The highest BCUT2D eigenvalue weighted by molar-refractivity contribution is 7.92. The van der Waals surface area contributed by atoms with Crippen LogP contribution in [0.3, 0.4) is 0 Å². The molecule has 2 aromatic heterocycles. The van der Waals surface area contributed by atoms with E-state index in [2.05, 4.69) is 15.5 Å². The molecule has 2 spiro atoms. The summed E-state index contributed by atoms with van der Waals surface area (Å²) in [6, 6.07) is 16.9. The van der Waals surface area contributed by atoms with Crippen LogP contribution in [0.1, 0.15) is 127 Å². The van der Waals surface area contributed by atoms with Crippen LogP contribution in [-0.4, -0.2) is 133 Å². The molecule has 4 aliphatic heterocycles. The number of sulfone groups is 1. The first-order valence-corrected chi connectivity index (χ1v) is 31.1. The molecule has 7 aliphatic rings. The van der Waals surface area contributed by atoms with Crippen LogP contribution >= 0.6 is 0 Å².